The Morgan fingerprint density at radius 3 is 2.83 bits per heavy atom. The summed E-state index contributed by atoms with van der Waals surface area (Å²) in [6, 6.07) is 3.74. The van der Waals surface area contributed by atoms with Crippen molar-refractivity contribution in [1.82, 2.24) is 15.1 Å². The normalized spacial score (nSPS) is 18.1. The molecule has 0 atom stereocenters. The summed E-state index contributed by atoms with van der Waals surface area (Å²) >= 11 is 3.42. The van der Waals surface area contributed by atoms with Crippen LogP contribution in [0.5, 0.6) is 0 Å². The topological polar surface area (TPSA) is 77.8 Å². The fraction of sp³-hybridized carbons (Fsp3) is 0.417. The Kier molecular flexibility index (Phi) is 2.91. The van der Waals surface area contributed by atoms with Crippen LogP contribution in [-0.2, 0) is 5.54 Å². The van der Waals surface area contributed by atoms with Gasteiger partial charge in [0.1, 0.15) is 5.69 Å². The molecule has 0 saturated heterocycles. The van der Waals surface area contributed by atoms with Gasteiger partial charge in [0.25, 0.3) is 0 Å². The zero-order chi connectivity index (χ0) is 12.6. The molecule has 0 aromatic carbocycles. The first-order valence-corrected chi connectivity index (χ1v) is 6.72. The quantitative estimate of drug-likeness (QED) is 0.922. The number of nitrogens with two attached hydrogens (primary N) is 1. The molecule has 0 amide bonds. The van der Waals surface area contributed by atoms with E-state index in [2.05, 4.69) is 31.1 Å². The zero-order valence-electron chi connectivity index (χ0n) is 9.77. The summed E-state index contributed by atoms with van der Waals surface area (Å²) in [5.74, 6) is 1.00. The lowest BCUT2D eigenvalue weighted by molar-refractivity contribution is 0.285. The molecular weight excluding hydrogens is 296 g/mol. The van der Waals surface area contributed by atoms with Crippen molar-refractivity contribution in [3.8, 4) is 11.5 Å². The van der Waals surface area contributed by atoms with E-state index >= 15 is 0 Å². The summed E-state index contributed by atoms with van der Waals surface area (Å²) in [5.41, 5.74) is 6.50. The summed E-state index contributed by atoms with van der Waals surface area (Å²) in [4.78, 5) is 8.64. The second kappa shape index (κ2) is 4.44. The first-order chi connectivity index (χ1) is 8.69. The number of nitrogens with zero attached hydrogens (tertiary/aromatic N) is 3. The van der Waals surface area contributed by atoms with Gasteiger partial charge in [-0.1, -0.05) is 18.0 Å². The maximum absolute atomic E-state index is 6.28. The molecule has 2 aromatic heterocycles. The second-order valence-electron chi connectivity index (χ2n) is 4.62. The van der Waals surface area contributed by atoms with Gasteiger partial charge in [-0.05, 0) is 40.9 Å². The Hall–Kier alpha value is -1.27. The minimum atomic E-state index is -0.452. The van der Waals surface area contributed by atoms with Crippen LogP contribution in [0, 0.1) is 0 Å². The molecule has 1 fully saturated rings. The smallest absolute Gasteiger partial charge is 0.247 e. The van der Waals surface area contributed by atoms with E-state index in [0.29, 0.717) is 17.4 Å². The van der Waals surface area contributed by atoms with Crippen LogP contribution >= 0.6 is 15.9 Å². The van der Waals surface area contributed by atoms with Crippen molar-refractivity contribution >= 4 is 15.9 Å². The highest BCUT2D eigenvalue weighted by molar-refractivity contribution is 9.10. The molecule has 0 aliphatic heterocycles. The Labute approximate surface area is 113 Å². The number of halogens is 1. The summed E-state index contributed by atoms with van der Waals surface area (Å²) in [6.07, 6.45) is 5.73. The van der Waals surface area contributed by atoms with Gasteiger partial charge in [0, 0.05) is 10.7 Å². The minimum absolute atomic E-state index is 0.452. The molecule has 0 spiro atoms. The maximum Gasteiger partial charge on any atom is 0.247 e. The molecule has 18 heavy (non-hydrogen) atoms. The van der Waals surface area contributed by atoms with Gasteiger partial charge in [0.05, 0.1) is 5.54 Å². The Morgan fingerprint density at radius 1 is 1.33 bits per heavy atom. The van der Waals surface area contributed by atoms with E-state index in [4.69, 9.17) is 10.3 Å². The standard InChI is InChI=1S/C12H13BrN4O/c13-8-4-3-7-15-9(8)10-16-11(18-17-10)12(14)5-1-2-6-12/h3-4,7H,1-2,5-6,14H2. The number of rotatable bonds is 2. The van der Waals surface area contributed by atoms with Crippen molar-refractivity contribution in [1.29, 1.82) is 0 Å². The predicted molar refractivity (Wildman–Crippen MR) is 69.6 cm³/mol. The van der Waals surface area contributed by atoms with E-state index in [0.717, 1.165) is 30.2 Å². The summed E-state index contributed by atoms with van der Waals surface area (Å²) in [7, 11) is 0. The van der Waals surface area contributed by atoms with Gasteiger partial charge in [0.15, 0.2) is 0 Å². The first kappa shape index (κ1) is 11.8. The van der Waals surface area contributed by atoms with Crippen molar-refractivity contribution in [2.24, 2.45) is 5.73 Å². The van der Waals surface area contributed by atoms with Crippen LogP contribution in [0.1, 0.15) is 31.6 Å². The first-order valence-electron chi connectivity index (χ1n) is 5.93. The number of aromatic nitrogens is 3. The summed E-state index contributed by atoms with van der Waals surface area (Å²) in [5, 5.41) is 3.98. The Balaban J connectivity index is 1.97. The van der Waals surface area contributed by atoms with Crippen LogP contribution in [0.25, 0.3) is 11.5 Å². The summed E-state index contributed by atoms with van der Waals surface area (Å²) in [6.45, 7) is 0. The SMILES string of the molecule is NC1(c2nc(-c3ncccc3Br)no2)CCCC1. The maximum atomic E-state index is 6.28. The van der Waals surface area contributed by atoms with E-state index in [1.165, 1.54) is 0 Å². The van der Waals surface area contributed by atoms with Crippen LogP contribution in [0.2, 0.25) is 0 Å². The van der Waals surface area contributed by atoms with E-state index in [1.807, 2.05) is 12.1 Å². The van der Waals surface area contributed by atoms with E-state index in [-0.39, 0.29) is 0 Å². The Bertz CT molecular complexity index is 563. The number of pyridine rings is 1. The molecule has 0 radical (unpaired) electrons. The fourth-order valence-electron chi connectivity index (χ4n) is 2.29. The van der Waals surface area contributed by atoms with E-state index < -0.39 is 5.54 Å². The predicted octanol–water partition coefficient (Wildman–Crippen LogP) is 2.62. The molecule has 1 aliphatic carbocycles. The van der Waals surface area contributed by atoms with Gasteiger partial charge < -0.3 is 10.3 Å². The average molecular weight is 309 g/mol. The molecule has 6 heteroatoms. The van der Waals surface area contributed by atoms with Crippen molar-refractivity contribution in [2.75, 3.05) is 0 Å². The van der Waals surface area contributed by atoms with Gasteiger partial charge in [-0.2, -0.15) is 4.98 Å². The highest BCUT2D eigenvalue weighted by Crippen LogP contribution is 2.36. The molecule has 94 valence electrons. The molecule has 3 rings (SSSR count). The van der Waals surface area contributed by atoms with Gasteiger partial charge in [-0.3, -0.25) is 4.98 Å². The lowest BCUT2D eigenvalue weighted by Gasteiger charge is -2.17. The van der Waals surface area contributed by atoms with Crippen LogP contribution in [0.4, 0.5) is 0 Å². The molecule has 0 unspecified atom stereocenters. The van der Waals surface area contributed by atoms with Crippen molar-refractivity contribution in [2.45, 2.75) is 31.2 Å². The zero-order valence-corrected chi connectivity index (χ0v) is 11.4. The molecular formula is C12H13BrN4O. The van der Waals surface area contributed by atoms with E-state index in [1.54, 1.807) is 6.20 Å². The fourth-order valence-corrected chi connectivity index (χ4v) is 2.72. The molecule has 2 aromatic rings. The minimum Gasteiger partial charge on any atom is -0.337 e. The lowest BCUT2D eigenvalue weighted by Crippen LogP contribution is -2.33. The largest absolute Gasteiger partial charge is 0.337 e. The van der Waals surface area contributed by atoms with Gasteiger partial charge in [0.2, 0.25) is 11.7 Å². The highest BCUT2D eigenvalue weighted by Gasteiger charge is 2.37. The highest BCUT2D eigenvalue weighted by atomic mass is 79.9. The third kappa shape index (κ3) is 1.95. The molecule has 1 aliphatic rings. The molecule has 0 bridgehead atoms. The van der Waals surface area contributed by atoms with Crippen LogP contribution in [0.3, 0.4) is 0 Å². The molecule has 1 saturated carbocycles. The van der Waals surface area contributed by atoms with Crippen LogP contribution in [-0.4, -0.2) is 15.1 Å². The number of hydrogen-bond acceptors (Lipinski definition) is 5. The van der Waals surface area contributed by atoms with Gasteiger partial charge >= 0.3 is 0 Å². The average Bonchev–Trinajstić information content (AvgIpc) is 2.99. The van der Waals surface area contributed by atoms with Crippen molar-refractivity contribution in [3.05, 3.63) is 28.7 Å². The van der Waals surface area contributed by atoms with Crippen LogP contribution in [0.15, 0.2) is 27.3 Å². The van der Waals surface area contributed by atoms with Crippen LogP contribution < -0.4 is 5.73 Å². The molecule has 2 N–H and O–H groups in total. The summed E-state index contributed by atoms with van der Waals surface area (Å²) < 4.78 is 6.16. The number of hydrogen-bond donors (Lipinski definition) is 1. The third-order valence-corrected chi connectivity index (χ3v) is 3.96. The Morgan fingerprint density at radius 2 is 2.11 bits per heavy atom. The lowest BCUT2D eigenvalue weighted by atomic mass is 9.99. The monoisotopic (exact) mass is 308 g/mol. The van der Waals surface area contributed by atoms with Crippen molar-refractivity contribution < 1.29 is 4.52 Å². The van der Waals surface area contributed by atoms with Gasteiger partial charge in [-0.15, -0.1) is 0 Å². The second-order valence-corrected chi connectivity index (χ2v) is 5.47. The van der Waals surface area contributed by atoms with Crippen molar-refractivity contribution in [3.63, 3.8) is 0 Å². The van der Waals surface area contributed by atoms with Gasteiger partial charge in [-0.25, -0.2) is 0 Å². The van der Waals surface area contributed by atoms with E-state index in [9.17, 15) is 0 Å². The molecule has 2 heterocycles. The third-order valence-electron chi connectivity index (χ3n) is 3.32. The molecule has 5 nitrogen and oxygen atoms in total.